The Labute approximate surface area is 119 Å². The Morgan fingerprint density at radius 2 is 2.19 bits per heavy atom. The number of hydrogen-bond acceptors (Lipinski definition) is 3. The monoisotopic (exact) mass is 282 g/mol. The summed E-state index contributed by atoms with van der Waals surface area (Å²) in [5.41, 5.74) is 3.58. The molecule has 6 heteroatoms. The molecule has 0 aliphatic carbocycles. The average molecular weight is 282 g/mol. The van der Waals surface area contributed by atoms with Crippen molar-refractivity contribution in [2.24, 2.45) is 0 Å². The Morgan fingerprint density at radius 3 is 3.05 bits per heavy atom. The van der Waals surface area contributed by atoms with Gasteiger partial charge in [-0.25, -0.2) is 9.37 Å². The van der Waals surface area contributed by atoms with E-state index in [2.05, 4.69) is 15.3 Å². The van der Waals surface area contributed by atoms with Gasteiger partial charge in [0.1, 0.15) is 0 Å². The highest BCUT2D eigenvalue weighted by atomic mass is 19.1. The zero-order valence-electron chi connectivity index (χ0n) is 11.2. The number of aromatic nitrogens is 3. The fourth-order valence-corrected chi connectivity index (χ4v) is 2.65. The summed E-state index contributed by atoms with van der Waals surface area (Å²) in [6, 6.07) is 3.38. The molecule has 3 aromatic heterocycles. The van der Waals surface area contributed by atoms with Gasteiger partial charge < -0.3 is 5.32 Å². The third kappa shape index (κ3) is 1.59. The van der Waals surface area contributed by atoms with Gasteiger partial charge in [-0.1, -0.05) is 0 Å². The minimum Gasteiger partial charge on any atom is -0.348 e. The molecule has 1 amide bonds. The summed E-state index contributed by atoms with van der Waals surface area (Å²) in [5, 5.41) is 2.77. The molecule has 1 aliphatic heterocycles. The van der Waals surface area contributed by atoms with Gasteiger partial charge >= 0.3 is 0 Å². The second-order valence-electron chi connectivity index (χ2n) is 5.02. The molecule has 4 rings (SSSR count). The molecule has 0 atom stereocenters. The van der Waals surface area contributed by atoms with Crippen molar-refractivity contribution in [1.29, 1.82) is 0 Å². The van der Waals surface area contributed by atoms with Gasteiger partial charge in [-0.15, -0.1) is 0 Å². The highest BCUT2D eigenvalue weighted by Gasteiger charge is 2.24. The number of rotatable bonds is 1. The van der Waals surface area contributed by atoms with Crippen LogP contribution in [0.4, 0.5) is 4.39 Å². The maximum absolute atomic E-state index is 14.1. The largest absolute Gasteiger partial charge is 0.348 e. The molecule has 0 radical (unpaired) electrons. The summed E-state index contributed by atoms with van der Waals surface area (Å²) < 4.78 is 15.8. The maximum Gasteiger partial charge on any atom is 0.252 e. The standard InChI is InChI=1S/C15H11FN4O/c1-8-3-5-20-11(7-18-14(20)12(8)16)13-10-6-19-15(21)9(10)2-4-17-13/h2-5,7H,6H2,1H3,(H,19,21). The van der Waals surface area contributed by atoms with Gasteiger partial charge in [0.15, 0.2) is 11.5 Å². The topological polar surface area (TPSA) is 59.3 Å². The quantitative estimate of drug-likeness (QED) is 0.743. The maximum atomic E-state index is 14.1. The van der Waals surface area contributed by atoms with Crippen LogP contribution < -0.4 is 5.32 Å². The van der Waals surface area contributed by atoms with Crippen molar-refractivity contribution in [1.82, 2.24) is 19.7 Å². The zero-order chi connectivity index (χ0) is 14.6. The first-order chi connectivity index (χ1) is 10.2. The van der Waals surface area contributed by atoms with E-state index in [1.165, 1.54) is 0 Å². The number of pyridine rings is 2. The first-order valence-electron chi connectivity index (χ1n) is 6.55. The van der Waals surface area contributed by atoms with Gasteiger partial charge in [0.05, 0.1) is 17.6 Å². The van der Waals surface area contributed by atoms with Gasteiger partial charge in [0.2, 0.25) is 0 Å². The summed E-state index contributed by atoms with van der Waals surface area (Å²) >= 11 is 0. The van der Waals surface area contributed by atoms with E-state index in [0.29, 0.717) is 29.1 Å². The fourth-order valence-electron chi connectivity index (χ4n) is 2.65. The molecule has 0 saturated heterocycles. The first-order valence-corrected chi connectivity index (χ1v) is 6.55. The van der Waals surface area contributed by atoms with Crippen LogP contribution in [0.15, 0.2) is 30.7 Å². The summed E-state index contributed by atoms with van der Waals surface area (Å²) in [6.45, 7) is 2.13. The van der Waals surface area contributed by atoms with Crippen LogP contribution in [-0.4, -0.2) is 20.3 Å². The van der Waals surface area contributed by atoms with Crippen LogP contribution >= 0.6 is 0 Å². The van der Waals surface area contributed by atoms with Gasteiger partial charge in [-0.05, 0) is 24.6 Å². The minimum atomic E-state index is -0.342. The Balaban J connectivity index is 2.01. The van der Waals surface area contributed by atoms with E-state index in [1.807, 2.05) is 0 Å². The summed E-state index contributed by atoms with van der Waals surface area (Å²) in [5.74, 6) is -0.449. The Morgan fingerprint density at radius 1 is 1.33 bits per heavy atom. The van der Waals surface area contributed by atoms with Crippen LogP contribution in [0.3, 0.4) is 0 Å². The molecule has 104 valence electrons. The Bertz CT molecular complexity index is 900. The lowest BCUT2D eigenvalue weighted by Crippen LogP contribution is -2.12. The highest BCUT2D eigenvalue weighted by molar-refractivity contribution is 5.99. The lowest BCUT2D eigenvalue weighted by molar-refractivity contribution is 0.0965. The molecule has 4 heterocycles. The molecule has 0 bridgehead atoms. The number of nitrogens with one attached hydrogen (secondary N) is 1. The number of halogens is 1. The number of nitrogens with zero attached hydrogens (tertiary/aromatic N) is 3. The lowest BCUT2D eigenvalue weighted by Gasteiger charge is -2.06. The third-order valence-electron chi connectivity index (χ3n) is 3.78. The van der Waals surface area contributed by atoms with Crippen molar-refractivity contribution in [3.05, 3.63) is 53.2 Å². The number of aryl methyl sites for hydroxylation is 1. The van der Waals surface area contributed by atoms with E-state index in [-0.39, 0.29) is 17.4 Å². The van der Waals surface area contributed by atoms with Crippen molar-refractivity contribution < 1.29 is 9.18 Å². The number of amides is 1. The third-order valence-corrected chi connectivity index (χ3v) is 3.78. The Kier molecular flexibility index (Phi) is 2.35. The van der Waals surface area contributed by atoms with E-state index in [4.69, 9.17) is 0 Å². The summed E-state index contributed by atoms with van der Waals surface area (Å²) in [7, 11) is 0. The van der Waals surface area contributed by atoms with E-state index in [9.17, 15) is 9.18 Å². The van der Waals surface area contributed by atoms with Gasteiger partial charge in [-0.3, -0.25) is 14.2 Å². The second kappa shape index (κ2) is 4.12. The smallest absolute Gasteiger partial charge is 0.252 e. The lowest BCUT2D eigenvalue weighted by atomic mass is 10.1. The predicted octanol–water partition coefficient (Wildman–Crippen LogP) is 2.09. The molecule has 0 fully saturated rings. The molecule has 1 aliphatic rings. The predicted molar refractivity (Wildman–Crippen MR) is 74.3 cm³/mol. The second-order valence-corrected chi connectivity index (χ2v) is 5.02. The van der Waals surface area contributed by atoms with Crippen molar-refractivity contribution >= 4 is 11.6 Å². The van der Waals surface area contributed by atoms with Crippen molar-refractivity contribution in [3.8, 4) is 11.4 Å². The van der Waals surface area contributed by atoms with Crippen LogP contribution in [0.25, 0.3) is 17.0 Å². The molecule has 1 N–H and O–H groups in total. The van der Waals surface area contributed by atoms with Gasteiger partial charge in [0, 0.05) is 30.1 Å². The summed E-state index contributed by atoms with van der Waals surface area (Å²) in [4.78, 5) is 20.2. The molecule has 3 aromatic rings. The van der Waals surface area contributed by atoms with E-state index in [0.717, 1.165) is 5.56 Å². The molecular formula is C15H11FN4O. The van der Waals surface area contributed by atoms with Gasteiger partial charge in [0.25, 0.3) is 5.91 Å². The van der Waals surface area contributed by atoms with Gasteiger partial charge in [-0.2, -0.15) is 0 Å². The fraction of sp³-hybridized carbons (Fsp3) is 0.133. The number of hydrogen-bond donors (Lipinski definition) is 1. The first kappa shape index (κ1) is 12.0. The highest BCUT2D eigenvalue weighted by Crippen LogP contribution is 2.28. The van der Waals surface area contributed by atoms with Crippen LogP contribution in [-0.2, 0) is 6.54 Å². The Hall–Kier alpha value is -2.76. The molecule has 0 aromatic carbocycles. The normalized spacial score (nSPS) is 13.5. The van der Waals surface area contributed by atoms with Crippen molar-refractivity contribution in [3.63, 3.8) is 0 Å². The number of carbonyl (C=O) groups excluding carboxylic acids is 1. The van der Waals surface area contributed by atoms with Crippen LogP contribution in [0.2, 0.25) is 0 Å². The molecular weight excluding hydrogens is 271 g/mol. The number of imidazole rings is 1. The zero-order valence-corrected chi connectivity index (χ0v) is 11.2. The van der Waals surface area contributed by atoms with E-state index < -0.39 is 0 Å². The minimum absolute atomic E-state index is 0.107. The molecule has 5 nitrogen and oxygen atoms in total. The average Bonchev–Trinajstić information content (AvgIpc) is 3.08. The summed E-state index contributed by atoms with van der Waals surface area (Å²) in [6.07, 6.45) is 4.94. The van der Waals surface area contributed by atoms with Crippen molar-refractivity contribution in [2.45, 2.75) is 13.5 Å². The molecule has 0 spiro atoms. The van der Waals surface area contributed by atoms with Crippen LogP contribution in [0, 0.1) is 12.7 Å². The molecule has 21 heavy (non-hydrogen) atoms. The van der Waals surface area contributed by atoms with E-state index >= 15 is 0 Å². The number of carbonyl (C=O) groups is 1. The molecule has 0 unspecified atom stereocenters. The van der Waals surface area contributed by atoms with Crippen LogP contribution in [0.5, 0.6) is 0 Å². The molecule has 0 saturated carbocycles. The number of fused-ring (bicyclic) bond motifs is 2. The van der Waals surface area contributed by atoms with Crippen LogP contribution in [0.1, 0.15) is 21.5 Å². The van der Waals surface area contributed by atoms with E-state index in [1.54, 1.807) is 42.0 Å². The van der Waals surface area contributed by atoms with Crippen molar-refractivity contribution in [2.75, 3.05) is 0 Å². The SMILES string of the molecule is Cc1ccn2c(-c3nccc4c3CNC4=O)cnc2c1F.